The molecule has 0 fully saturated rings. The van der Waals surface area contributed by atoms with Crippen LogP contribution < -0.4 is 5.32 Å². The molecular formula is C9H11NO5S2. The van der Waals surface area contributed by atoms with Crippen molar-refractivity contribution in [1.82, 2.24) is 5.32 Å². The van der Waals surface area contributed by atoms with Gasteiger partial charge in [-0.05, 0) is 11.4 Å². The van der Waals surface area contributed by atoms with Crippen LogP contribution >= 0.6 is 11.3 Å². The molecule has 94 valence electrons. The molecule has 0 aliphatic carbocycles. The number of sulfone groups is 1. The number of carboxylic acids is 1. The van der Waals surface area contributed by atoms with Crippen molar-refractivity contribution in [3.8, 4) is 0 Å². The lowest BCUT2D eigenvalue weighted by molar-refractivity contribution is -0.140. The van der Waals surface area contributed by atoms with E-state index in [9.17, 15) is 18.0 Å². The Balaban J connectivity index is 2.87. The molecule has 2 N–H and O–H groups in total. The van der Waals surface area contributed by atoms with Crippen molar-refractivity contribution in [2.45, 2.75) is 17.2 Å². The summed E-state index contributed by atoms with van der Waals surface area (Å²) in [5.41, 5.74) is 0. The van der Waals surface area contributed by atoms with Crippen LogP contribution in [0.3, 0.4) is 0 Å². The van der Waals surface area contributed by atoms with Gasteiger partial charge in [-0.25, -0.2) is 13.2 Å². The third kappa shape index (κ3) is 3.82. The number of carboxylic acid groups (broad SMARTS) is 1. The predicted octanol–water partition coefficient (Wildman–Crippen LogP) is 0.111. The molecule has 0 aliphatic heterocycles. The predicted molar refractivity (Wildman–Crippen MR) is 61.6 cm³/mol. The van der Waals surface area contributed by atoms with E-state index in [0.29, 0.717) is 0 Å². The Labute approximate surface area is 102 Å². The molecule has 0 saturated carbocycles. The third-order valence-corrected chi connectivity index (χ3v) is 5.10. The van der Waals surface area contributed by atoms with Gasteiger partial charge in [-0.3, -0.25) is 4.79 Å². The number of thiophene rings is 1. The molecule has 0 bridgehead atoms. The van der Waals surface area contributed by atoms with Crippen LogP contribution in [0, 0.1) is 0 Å². The Hall–Kier alpha value is -1.41. The van der Waals surface area contributed by atoms with Crippen LogP contribution in [0.2, 0.25) is 0 Å². The zero-order valence-corrected chi connectivity index (χ0v) is 10.5. The molecule has 0 aromatic carbocycles. The summed E-state index contributed by atoms with van der Waals surface area (Å²) in [6.07, 6.45) is 0. The van der Waals surface area contributed by atoms with Gasteiger partial charge in [0.25, 0.3) is 0 Å². The number of hydrogen-bond acceptors (Lipinski definition) is 5. The number of nitrogens with one attached hydrogen (secondary N) is 1. The molecule has 17 heavy (non-hydrogen) atoms. The molecule has 1 heterocycles. The number of hydrogen-bond donors (Lipinski definition) is 2. The first kappa shape index (κ1) is 13.7. The highest BCUT2D eigenvalue weighted by molar-refractivity contribution is 7.93. The van der Waals surface area contributed by atoms with E-state index in [1.165, 1.54) is 6.07 Å². The van der Waals surface area contributed by atoms with Gasteiger partial charge < -0.3 is 10.4 Å². The van der Waals surface area contributed by atoms with E-state index in [4.69, 9.17) is 5.11 Å². The average Bonchev–Trinajstić information content (AvgIpc) is 2.68. The van der Waals surface area contributed by atoms with Crippen LogP contribution in [0.4, 0.5) is 0 Å². The third-order valence-electron chi connectivity index (χ3n) is 1.86. The van der Waals surface area contributed by atoms with E-state index in [1.54, 1.807) is 11.4 Å². The van der Waals surface area contributed by atoms with Gasteiger partial charge in [0.1, 0.15) is 10.3 Å². The van der Waals surface area contributed by atoms with Gasteiger partial charge in [0, 0.05) is 6.92 Å². The lowest BCUT2D eigenvalue weighted by atomic mass is 10.3. The molecule has 1 unspecified atom stereocenters. The van der Waals surface area contributed by atoms with Gasteiger partial charge in [0.15, 0.2) is 9.84 Å². The Bertz CT molecular complexity index is 505. The molecule has 0 aliphatic rings. The second-order valence-electron chi connectivity index (χ2n) is 3.30. The summed E-state index contributed by atoms with van der Waals surface area (Å²) in [5, 5.41) is 12.5. The number of amides is 1. The highest BCUT2D eigenvalue weighted by Crippen LogP contribution is 2.18. The van der Waals surface area contributed by atoms with Crippen molar-refractivity contribution in [3.05, 3.63) is 17.5 Å². The molecule has 0 saturated heterocycles. The van der Waals surface area contributed by atoms with Crippen molar-refractivity contribution in [3.63, 3.8) is 0 Å². The fraction of sp³-hybridized carbons (Fsp3) is 0.333. The SMILES string of the molecule is CC(=O)NC(CS(=O)(=O)c1cccs1)C(=O)O. The molecule has 1 aromatic heterocycles. The van der Waals surface area contributed by atoms with Crippen LogP contribution in [-0.2, 0) is 19.4 Å². The van der Waals surface area contributed by atoms with Crippen LogP contribution in [0.1, 0.15) is 6.92 Å². The molecule has 8 heteroatoms. The maximum Gasteiger partial charge on any atom is 0.327 e. The van der Waals surface area contributed by atoms with Crippen LogP contribution in [0.5, 0.6) is 0 Å². The number of rotatable bonds is 5. The Morgan fingerprint density at radius 2 is 2.18 bits per heavy atom. The summed E-state index contributed by atoms with van der Waals surface area (Å²) in [6, 6.07) is 1.53. The summed E-state index contributed by atoms with van der Waals surface area (Å²) in [4.78, 5) is 21.6. The molecule has 1 atom stereocenters. The smallest absolute Gasteiger partial charge is 0.327 e. The number of carbonyl (C=O) groups is 2. The number of carbonyl (C=O) groups excluding carboxylic acids is 1. The van der Waals surface area contributed by atoms with E-state index < -0.39 is 33.5 Å². The normalized spacial score (nSPS) is 13.0. The molecule has 6 nitrogen and oxygen atoms in total. The van der Waals surface area contributed by atoms with Crippen LogP contribution in [-0.4, -0.2) is 37.2 Å². The summed E-state index contributed by atoms with van der Waals surface area (Å²) >= 11 is 1.01. The molecule has 1 aromatic rings. The highest BCUT2D eigenvalue weighted by atomic mass is 32.2. The van der Waals surface area contributed by atoms with Crippen molar-refractivity contribution in [2.24, 2.45) is 0 Å². The zero-order valence-electron chi connectivity index (χ0n) is 8.91. The highest BCUT2D eigenvalue weighted by Gasteiger charge is 2.27. The minimum Gasteiger partial charge on any atom is -0.480 e. The first-order chi connectivity index (χ1) is 7.83. The molecule has 0 spiro atoms. The monoisotopic (exact) mass is 277 g/mol. The lowest BCUT2D eigenvalue weighted by Crippen LogP contribution is -2.44. The van der Waals surface area contributed by atoms with Gasteiger partial charge in [-0.2, -0.15) is 0 Å². The fourth-order valence-corrected chi connectivity index (χ4v) is 3.68. The van der Waals surface area contributed by atoms with Gasteiger partial charge >= 0.3 is 5.97 Å². The van der Waals surface area contributed by atoms with Gasteiger partial charge in [-0.1, -0.05) is 6.07 Å². The molecule has 0 radical (unpaired) electrons. The maximum absolute atomic E-state index is 11.8. The van der Waals surface area contributed by atoms with E-state index in [0.717, 1.165) is 18.3 Å². The Kier molecular flexibility index (Phi) is 4.24. The second kappa shape index (κ2) is 5.28. The first-order valence-electron chi connectivity index (χ1n) is 4.59. The Morgan fingerprint density at radius 1 is 1.53 bits per heavy atom. The van der Waals surface area contributed by atoms with Gasteiger partial charge in [-0.15, -0.1) is 11.3 Å². The van der Waals surface area contributed by atoms with E-state index in [-0.39, 0.29) is 4.21 Å². The van der Waals surface area contributed by atoms with Gasteiger partial charge in [0.2, 0.25) is 5.91 Å². The standard InChI is InChI=1S/C9H11NO5S2/c1-6(11)10-7(9(12)13)5-17(14,15)8-3-2-4-16-8/h2-4,7H,5H2,1H3,(H,10,11)(H,12,13). The molecule has 1 amide bonds. The largest absolute Gasteiger partial charge is 0.480 e. The van der Waals surface area contributed by atoms with Crippen LogP contribution in [0.15, 0.2) is 21.7 Å². The van der Waals surface area contributed by atoms with E-state index in [2.05, 4.69) is 5.32 Å². The minimum atomic E-state index is -3.68. The van der Waals surface area contributed by atoms with Crippen molar-refractivity contribution < 1.29 is 23.1 Å². The van der Waals surface area contributed by atoms with Crippen molar-refractivity contribution >= 4 is 33.1 Å². The quantitative estimate of drug-likeness (QED) is 0.795. The van der Waals surface area contributed by atoms with Crippen LogP contribution in [0.25, 0.3) is 0 Å². The molecular weight excluding hydrogens is 266 g/mol. The minimum absolute atomic E-state index is 0.0918. The summed E-state index contributed by atoms with van der Waals surface area (Å²) in [5.74, 6) is -2.61. The topological polar surface area (TPSA) is 101 Å². The van der Waals surface area contributed by atoms with Crippen molar-refractivity contribution in [2.75, 3.05) is 5.75 Å². The summed E-state index contributed by atoms with van der Waals surface area (Å²) in [6.45, 7) is 1.13. The molecule has 1 rings (SSSR count). The van der Waals surface area contributed by atoms with E-state index in [1.807, 2.05) is 0 Å². The second-order valence-corrected chi connectivity index (χ2v) is 6.51. The summed E-state index contributed by atoms with van der Waals surface area (Å²) < 4.78 is 23.7. The fourth-order valence-electron chi connectivity index (χ4n) is 1.16. The van der Waals surface area contributed by atoms with Crippen molar-refractivity contribution in [1.29, 1.82) is 0 Å². The Morgan fingerprint density at radius 3 is 2.59 bits per heavy atom. The maximum atomic E-state index is 11.8. The summed E-state index contributed by atoms with van der Waals surface area (Å²) in [7, 11) is -3.68. The van der Waals surface area contributed by atoms with E-state index >= 15 is 0 Å². The lowest BCUT2D eigenvalue weighted by Gasteiger charge is -2.12. The first-order valence-corrected chi connectivity index (χ1v) is 7.12. The zero-order chi connectivity index (χ0) is 13.1. The number of aliphatic carboxylic acids is 1. The average molecular weight is 277 g/mol. The van der Waals surface area contributed by atoms with Gasteiger partial charge in [0.05, 0.1) is 5.75 Å².